The first-order valence-corrected chi connectivity index (χ1v) is 13.8. The van der Waals surface area contributed by atoms with Gasteiger partial charge in [-0.25, -0.2) is 8.78 Å². The summed E-state index contributed by atoms with van der Waals surface area (Å²) in [6.45, 7) is 7.10. The van der Waals surface area contributed by atoms with E-state index in [-0.39, 0.29) is 42.4 Å². The number of nitrogens with zero attached hydrogens (tertiary/aromatic N) is 4. The molecule has 1 aliphatic carbocycles. The van der Waals surface area contributed by atoms with E-state index in [9.17, 15) is 18.4 Å². The van der Waals surface area contributed by atoms with Gasteiger partial charge < -0.3 is 14.6 Å². The third kappa shape index (κ3) is 4.51. The summed E-state index contributed by atoms with van der Waals surface area (Å²) in [5, 5.41) is 5.91. The number of carbonyl (C=O) groups is 1. The zero-order chi connectivity index (χ0) is 26.6. The van der Waals surface area contributed by atoms with Crippen LogP contribution >= 0.6 is 0 Å². The molecule has 1 aromatic carbocycles. The minimum Gasteiger partial charge on any atom is -0.381 e. The fourth-order valence-corrected chi connectivity index (χ4v) is 6.66. The first-order chi connectivity index (χ1) is 18.2. The summed E-state index contributed by atoms with van der Waals surface area (Å²) in [6, 6.07) is 4.18. The number of benzene rings is 1. The Hall–Kier alpha value is -2.85. The molecule has 0 spiro atoms. The van der Waals surface area contributed by atoms with Gasteiger partial charge in [0.1, 0.15) is 0 Å². The molecule has 1 N–H and O–H groups in total. The highest BCUT2D eigenvalue weighted by Crippen LogP contribution is 2.36. The second kappa shape index (κ2) is 9.72. The number of aryl methyl sites for hydroxylation is 1. The molecule has 0 bridgehead atoms. The number of pyridine rings is 1. The summed E-state index contributed by atoms with van der Waals surface area (Å²) in [5.41, 5.74) is 2.69. The topological polar surface area (TPSA) is 83.5 Å². The van der Waals surface area contributed by atoms with Gasteiger partial charge in [0.25, 0.3) is 11.5 Å². The molecule has 2 aliphatic heterocycles. The molecule has 4 heterocycles. The molecule has 10 heteroatoms. The van der Waals surface area contributed by atoms with Crippen LogP contribution < -0.4 is 5.56 Å². The van der Waals surface area contributed by atoms with Crippen LogP contribution in [0.4, 0.5) is 8.78 Å². The maximum Gasteiger partial charge on any atom is 0.259 e. The molecule has 2 aromatic heterocycles. The van der Waals surface area contributed by atoms with Crippen LogP contribution in [0, 0.1) is 6.92 Å². The maximum absolute atomic E-state index is 13.8. The highest BCUT2D eigenvalue weighted by atomic mass is 19.3. The van der Waals surface area contributed by atoms with E-state index in [0.29, 0.717) is 62.2 Å². The Bertz CT molecular complexity index is 1420. The quantitative estimate of drug-likeness (QED) is 0.550. The monoisotopic (exact) mass is 527 g/mol. The van der Waals surface area contributed by atoms with Crippen molar-refractivity contribution >= 4 is 27.7 Å². The van der Waals surface area contributed by atoms with E-state index in [1.165, 1.54) is 0 Å². The second-order valence-electron chi connectivity index (χ2n) is 11.3. The zero-order valence-corrected chi connectivity index (χ0v) is 22.0. The van der Waals surface area contributed by atoms with Crippen LogP contribution in [-0.4, -0.2) is 81.3 Å². The molecule has 3 aliphatic rings. The summed E-state index contributed by atoms with van der Waals surface area (Å²) in [5.74, 6) is -2.58. The first kappa shape index (κ1) is 25.4. The molecule has 3 fully saturated rings. The van der Waals surface area contributed by atoms with Crippen molar-refractivity contribution in [1.82, 2.24) is 24.6 Å². The standard InChI is InChI=1S/C28H35F2N5O3/c1-17-13-24-22(25-23(26(36)32-24)15-31-35(25)20-5-11-38-12-6-20)14-21(17)27(37)33-9-10-34(18(2)16-33)19-3-7-28(29,30)8-4-19/h13-15,18-20H,3-12,16H2,1-2H3,(H,32,36)/t18-/m0/s1. The molecule has 0 radical (unpaired) electrons. The number of piperazine rings is 1. The number of aromatic amines is 1. The third-order valence-corrected chi connectivity index (χ3v) is 8.80. The number of amides is 1. The number of fused-ring (bicyclic) bond motifs is 3. The van der Waals surface area contributed by atoms with E-state index >= 15 is 0 Å². The van der Waals surface area contributed by atoms with Crippen LogP contribution in [0.5, 0.6) is 0 Å². The molecule has 38 heavy (non-hydrogen) atoms. The van der Waals surface area contributed by atoms with Crippen molar-refractivity contribution in [3.8, 4) is 0 Å². The van der Waals surface area contributed by atoms with Gasteiger partial charge in [-0.15, -0.1) is 0 Å². The van der Waals surface area contributed by atoms with Crippen molar-refractivity contribution in [2.45, 2.75) is 76.4 Å². The van der Waals surface area contributed by atoms with Crippen LogP contribution in [0.1, 0.15) is 67.4 Å². The lowest BCUT2D eigenvalue weighted by Gasteiger charge is -2.46. The van der Waals surface area contributed by atoms with E-state index in [1.807, 2.05) is 28.6 Å². The lowest BCUT2D eigenvalue weighted by molar-refractivity contribution is -0.0636. The Labute approximate surface area is 219 Å². The Morgan fingerprint density at radius 3 is 2.53 bits per heavy atom. The van der Waals surface area contributed by atoms with Crippen molar-refractivity contribution in [2.24, 2.45) is 0 Å². The molecule has 1 saturated carbocycles. The largest absolute Gasteiger partial charge is 0.381 e. The van der Waals surface area contributed by atoms with Crippen LogP contribution in [0.15, 0.2) is 23.1 Å². The van der Waals surface area contributed by atoms with Gasteiger partial charge in [0.15, 0.2) is 0 Å². The van der Waals surface area contributed by atoms with E-state index in [1.54, 1.807) is 6.20 Å². The molecule has 1 amide bonds. The summed E-state index contributed by atoms with van der Waals surface area (Å²) in [7, 11) is 0. The van der Waals surface area contributed by atoms with E-state index < -0.39 is 5.92 Å². The second-order valence-corrected chi connectivity index (χ2v) is 11.3. The number of halogens is 2. The number of carbonyl (C=O) groups excluding carboxylic acids is 1. The molecule has 3 aromatic rings. The highest BCUT2D eigenvalue weighted by Gasteiger charge is 2.39. The molecular weight excluding hydrogens is 492 g/mol. The summed E-state index contributed by atoms with van der Waals surface area (Å²) in [4.78, 5) is 33.8. The fourth-order valence-electron chi connectivity index (χ4n) is 6.66. The first-order valence-electron chi connectivity index (χ1n) is 13.8. The van der Waals surface area contributed by atoms with Gasteiger partial charge in [-0.05, 0) is 57.2 Å². The summed E-state index contributed by atoms with van der Waals surface area (Å²) >= 11 is 0. The lowest BCUT2D eigenvalue weighted by Crippen LogP contribution is -2.57. The van der Waals surface area contributed by atoms with Crippen LogP contribution in [0.3, 0.4) is 0 Å². The Morgan fingerprint density at radius 2 is 1.82 bits per heavy atom. The Morgan fingerprint density at radius 1 is 1.08 bits per heavy atom. The minimum absolute atomic E-state index is 0.0393. The molecule has 6 rings (SSSR count). The Balaban J connectivity index is 1.29. The number of alkyl halides is 2. The molecule has 8 nitrogen and oxygen atoms in total. The Kier molecular flexibility index (Phi) is 6.50. The van der Waals surface area contributed by atoms with Crippen molar-refractivity contribution in [2.75, 3.05) is 32.8 Å². The highest BCUT2D eigenvalue weighted by molar-refractivity contribution is 6.07. The number of hydrogen-bond donors (Lipinski definition) is 1. The number of ether oxygens (including phenoxy) is 1. The third-order valence-electron chi connectivity index (χ3n) is 8.80. The lowest BCUT2D eigenvalue weighted by atomic mass is 9.90. The SMILES string of the molecule is Cc1cc2[nH]c(=O)c3cnn(C4CCOCC4)c3c2cc1C(=O)N1CCN(C2CCC(F)(F)CC2)[C@@H](C)C1. The normalized spacial score (nSPS) is 23.9. The summed E-state index contributed by atoms with van der Waals surface area (Å²) in [6.07, 6.45) is 4.16. The van der Waals surface area contributed by atoms with Gasteiger partial charge in [-0.2, -0.15) is 5.10 Å². The van der Waals surface area contributed by atoms with Crippen LogP contribution in [-0.2, 0) is 4.74 Å². The van der Waals surface area contributed by atoms with Crippen LogP contribution in [0.2, 0.25) is 0 Å². The number of hydrogen-bond acceptors (Lipinski definition) is 5. The number of nitrogens with one attached hydrogen (secondary N) is 1. The predicted octanol–water partition coefficient (Wildman–Crippen LogP) is 4.26. The summed E-state index contributed by atoms with van der Waals surface area (Å²) < 4.78 is 34.8. The van der Waals surface area contributed by atoms with Crippen LogP contribution in [0.25, 0.3) is 21.8 Å². The number of aromatic nitrogens is 3. The van der Waals surface area contributed by atoms with Crippen molar-refractivity contribution in [3.05, 3.63) is 39.8 Å². The van der Waals surface area contributed by atoms with E-state index in [4.69, 9.17) is 4.74 Å². The van der Waals surface area contributed by atoms with Gasteiger partial charge >= 0.3 is 0 Å². The average Bonchev–Trinajstić information content (AvgIpc) is 3.35. The van der Waals surface area contributed by atoms with Crippen molar-refractivity contribution < 1.29 is 18.3 Å². The zero-order valence-electron chi connectivity index (χ0n) is 22.0. The van der Waals surface area contributed by atoms with Gasteiger partial charge in [-0.3, -0.25) is 19.2 Å². The van der Waals surface area contributed by atoms with Crippen molar-refractivity contribution in [1.29, 1.82) is 0 Å². The smallest absolute Gasteiger partial charge is 0.259 e. The van der Waals surface area contributed by atoms with Gasteiger partial charge in [0.05, 0.1) is 28.7 Å². The van der Waals surface area contributed by atoms with E-state index in [0.717, 1.165) is 29.3 Å². The average molecular weight is 528 g/mol. The predicted molar refractivity (Wildman–Crippen MR) is 141 cm³/mol. The number of rotatable bonds is 3. The van der Waals surface area contributed by atoms with Gasteiger partial charge in [0, 0.05) is 68.7 Å². The molecule has 2 saturated heterocycles. The molecular formula is C28H35F2N5O3. The van der Waals surface area contributed by atoms with Gasteiger partial charge in [-0.1, -0.05) is 0 Å². The fraction of sp³-hybridized carbons (Fsp3) is 0.607. The number of H-pyrrole nitrogens is 1. The molecule has 204 valence electrons. The van der Waals surface area contributed by atoms with Gasteiger partial charge in [0.2, 0.25) is 5.92 Å². The van der Waals surface area contributed by atoms with Crippen molar-refractivity contribution in [3.63, 3.8) is 0 Å². The molecule has 0 unspecified atom stereocenters. The van der Waals surface area contributed by atoms with E-state index in [2.05, 4.69) is 21.9 Å². The molecule has 1 atom stereocenters. The minimum atomic E-state index is -2.54. The maximum atomic E-state index is 13.8.